The minimum absolute atomic E-state index is 0.231. The molecule has 0 amide bonds. The van der Waals surface area contributed by atoms with Gasteiger partial charge in [0.2, 0.25) is 0 Å². The van der Waals surface area contributed by atoms with E-state index in [1.54, 1.807) is 18.3 Å². The Balaban J connectivity index is 2.53. The first-order valence-electron chi connectivity index (χ1n) is 4.63. The van der Waals surface area contributed by atoms with Crippen LogP contribution >= 0.6 is 0 Å². The molecule has 1 aromatic rings. The van der Waals surface area contributed by atoms with E-state index in [1.807, 2.05) is 11.9 Å². The number of ether oxygens (including phenoxy) is 1. The maximum Gasteiger partial charge on any atom is 0.307 e. The van der Waals surface area contributed by atoms with Gasteiger partial charge in [-0.3, -0.25) is 4.79 Å². The second kappa shape index (κ2) is 5.19. The molecular formula is C10H15N3O2. The molecule has 0 fully saturated rings. The van der Waals surface area contributed by atoms with Crippen LogP contribution in [0, 0.1) is 0 Å². The number of rotatable bonds is 4. The molecule has 1 rings (SSSR count). The van der Waals surface area contributed by atoms with Gasteiger partial charge in [0.25, 0.3) is 0 Å². The van der Waals surface area contributed by atoms with Crippen LogP contribution in [0.4, 0.5) is 11.5 Å². The van der Waals surface area contributed by atoms with E-state index >= 15 is 0 Å². The fraction of sp³-hybridized carbons (Fsp3) is 0.400. The molecule has 0 unspecified atom stereocenters. The van der Waals surface area contributed by atoms with Crippen molar-refractivity contribution in [3.63, 3.8) is 0 Å². The number of esters is 1. The molecule has 82 valence electrons. The lowest BCUT2D eigenvalue weighted by atomic mass is 10.3. The third kappa shape index (κ3) is 3.46. The van der Waals surface area contributed by atoms with E-state index < -0.39 is 0 Å². The number of carbonyl (C=O) groups excluding carboxylic acids is 1. The van der Waals surface area contributed by atoms with Gasteiger partial charge in [-0.2, -0.15) is 0 Å². The molecule has 0 atom stereocenters. The SMILES string of the molecule is COC(=O)CCN(C)c1cc(N)ccn1. The summed E-state index contributed by atoms with van der Waals surface area (Å²) in [5, 5.41) is 0. The molecule has 15 heavy (non-hydrogen) atoms. The standard InChI is InChI=1S/C10H15N3O2/c1-13(6-4-10(14)15-2)9-7-8(11)3-5-12-9/h3,5,7H,4,6H2,1-2H3,(H2,11,12). The van der Waals surface area contributed by atoms with Crippen LogP contribution in [0.15, 0.2) is 18.3 Å². The van der Waals surface area contributed by atoms with E-state index in [0.717, 1.165) is 5.82 Å². The summed E-state index contributed by atoms with van der Waals surface area (Å²) < 4.78 is 4.55. The van der Waals surface area contributed by atoms with Crippen molar-refractivity contribution in [2.45, 2.75) is 6.42 Å². The van der Waals surface area contributed by atoms with Crippen LogP contribution in [0.3, 0.4) is 0 Å². The summed E-state index contributed by atoms with van der Waals surface area (Å²) in [5.41, 5.74) is 6.28. The predicted octanol–water partition coefficient (Wildman–Crippen LogP) is 0.663. The minimum atomic E-state index is -0.231. The number of methoxy groups -OCH3 is 1. The first kappa shape index (κ1) is 11.3. The Bertz CT molecular complexity index is 341. The summed E-state index contributed by atoms with van der Waals surface area (Å²) in [6.45, 7) is 0.559. The third-order valence-corrected chi connectivity index (χ3v) is 2.04. The molecule has 0 bridgehead atoms. The monoisotopic (exact) mass is 209 g/mol. The third-order valence-electron chi connectivity index (χ3n) is 2.04. The average Bonchev–Trinajstić information content (AvgIpc) is 2.25. The Hall–Kier alpha value is -1.78. The molecule has 0 aliphatic carbocycles. The number of nitrogens with two attached hydrogens (primary N) is 1. The Labute approximate surface area is 88.9 Å². The summed E-state index contributed by atoms with van der Waals surface area (Å²) in [6.07, 6.45) is 1.97. The highest BCUT2D eigenvalue weighted by molar-refractivity contribution is 5.70. The largest absolute Gasteiger partial charge is 0.469 e. The molecule has 0 aliphatic rings. The molecule has 2 N–H and O–H groups in total. The second-order valence-corrected chi connectivity index (χ2v) is 3.20. The van der Waals surface area contributed by atoms with Gasteiger partial charge in [0.05, 0.1) is 13.5 Å². The molecule has 0 aromatic carbocycles. The van der Waals surface area contributed by atoms with E-state index in [9.17, 15) is 4.79 Å². The number of anilines is 2. The lowest BCUT2D eigenvalue weighted by molar-refractivity contribution is -0.140. The molecule has 0 saturated carbocycles. The van der Waals surface area contributed by atoms with E-state index in [4.69, 9.17) is 5.73 Å². The van der Waals surface area contributed by atoms with Crippen molar-refractivity contribution in [3.05, 3.63) is 18.3 Å². The zero-order valence-electron chi connectivity index (χ0n) is 8.93. The van der Waals surface area contributed by atoms with Crippen LogP contribution in [-0.4, -0.2) is 31.7 Å². The Morgan fingerprint density at radius 3 is 3.00 bits per heavy atom. The zero-order chi connectivity index (χ0) is 11.3. The maximum absolute atomic E-state index is 10.9. The molecule has 1 aromatic heterocycles. The van der Waals surface area contributed by atoms with E-state index in [-0.39, 0.29) is 5.97 Å². The summed E-state index contributed by atoms with van der Waals surface area (Å²) in [5.74, 6) is 0.518. The van der Waals surface area contributed by atoms with E-state index in [0.29, 0.717) is 18.7 Å². The second-order valence-electron chi connectivity index (χ2n) is 3.20. The van der Waals surface area contributed by atoms with Crippen molar-refractivity contribution >= 4 is 17.5 Å². The van der Waals surface area contributed by atoms with Crippen molar-refractivity contribution in [1.29, 1.82) is 0 Å². The average molecular weight is 209 g/mol. The van der Waals surface area contributed by atoms with Crippen molar-refractivity contribution in [2.75, 3.05) is 31.3 Å². The van der Waals surface area contributed by atoms with Crippen LogP contribution < -0.4 is 10.6 Å². The van der Waals surface area contributed by atoms with Crippen molar-refractivity contribution < 1.29 is 9.53 Å². The number of nitrogens with zero attached hydrogens (tertiary/aromatic N) is 2. The summed E-state index contributed by atoms with van der Waals surface area (Å²) in [6, 6.07) is 3.48. The van der Waals surface area contributed by atoms with Gasteiger partial charge in [-0.1, -0.05) is 0 Å². The molecular weight excluding hydrogens is 194 g/mol. The summed E-state index contributed by atoms with van der Waals surface area (Å²) in [4.78, 5) is 16.9. The van der Waals surface area contributed by atoms with E-state index in [2.05, 4.69) is 9.72 Å². The first-order chi connectivity index (χ1) is 7.13. The van der Waals surface area contributed by atoms with Crippen molar-refractivity contribution in [2.24, 2.45) is 0 Å². The fourth-order valence-electron chi connectivity index (χ4n) is 1.12. The smallest absolute Gasteiger partial charge is 0.307 e. The minimum Gasteiger partial charge on any atom is -0.469 e. The number of carbonyl (C=O) groups is 1. The van der Waals surface area contributed by atoms with Crippen LogP contribution in [0.2, 0.25) is 0 Å². The molecule has 5 nitrogen and oxygen atoms in total. The van der Waals surface area contributed by atoms with Crippen molar-refractivity contribution in [3.8, 4) is 0 Å². The van der Waals surface area contributed by atoms with Gasteiger partial charge in [-0.05, 0) is 6.07 Å². The normalized spacial score (nSPS) is 9.73. The van der Waals surface area contributed by atoms with Gasteiger partial charge < -0.3 is 15.4 Å². The van der Waals surface area contributed by atoms with Crippen LogP contribution in [0.25, 0.3) is 0 Å². The van der Waals surface area contributed by atoms with Gasteiger partial charge in [0, 0.05) is 31.5 Å². The van der Waals surface area contributed by atoms with Crippen LogP contribution in [-0.2, 0) is 9.53 Å². The van der Waals surface area contributed by atoms with Gasteiger partial charge in [-0.25, -0.2) is 4.98 Å². The summed E-state index contributed by atoms with van der Waals surface area (Å²) >= 11 is 0. The molecule has 0 saturated heterocycles. The molecule has 0 aliphatic heterocycles. The molecule has 1 heterocycles. The van der Waals surface area contributed by atoms with Crippen LogP contribution in [0.1, 0.15) is 6.42 Å². The first-order valence-corrected chi connectivity index (χ1v) is 4.63. The summed E-state index contributed by atoms with van der Waals surface area (Å²) in [7, 11) is 3.23. The van der Waals surface area contributed by atoms with Gasteiger partial charge in [-0.15, -0.1) is 0 Å². The number of pyridine rings is 1. The number of aromatic nitrogens is 1. The zero-order valence-corrected chi connectivity index (χ0v) is 8.93. The Morgan fingerprint density at radius 2 is 2.40 bits per heavy atom. The Kier molecular flexibility index (Phi) is 3.91. The number of nitrogen functional groups attached to an aromatic ring is 1. The maximum atomic E-state index is 10.9. The van der Waals surface area contributed by atoms with Gasteiger partial charge in [0.1, 0.15) is 5.82 Å². The van der Waals surface area contributed by atoms with E-state index in [1.165, 1.54) is 7.11 Å². The van der Waals surface area contributed by atoms with Crippen molar-refractivity contribution in [1.82, 2.24) is 4.98 Å². The molecule has 0 radical (unpaired) electrons. The number of hydrogen-bond acceptors (Lipinski definition) is 5. The topological polar surface area (TPSA) is 68.5 Å². The predicted molar refractivity (Wildman–Crippen MR) is 58.6 cm³/mol. The van der Waals surface area contributed by atoms with Gasteiger partial charge >= 0.3 is 5.97 Å². The number of hydrogen-bond donors (Lipinski definition) is 1. The van der Waals surface area contributed by atoms with Gasteiger partial charge in [0.15, 0.2) is 0 Å². The highest BCUT2D eigenvalue weighted by atomic mass is 16.5. The fourth-order valence-corrected chi connectivity index (χ4v) is 1.12. The van der Waals surface area contributed by atoms with Crippen LogP contribution in [0.5, 0.6) is 0 Å². The lowest BCUT2D eigenvalue weighted by Crippen LogP contribution is -2.22. The quantitative estimate of drug-likeness (QED) is 0.738. The Morgan fingerprint density at radius 1 is 1.67 bits per heavy atom. The lowest BCUT2D eigenvalue weighted by Gasteiger charge is -2.17. The highest BCUT2D eigenvalue weighted by Gasteiger charge is 2.06. The molecule has 5 heteroatoms. The molecule has 0 spiro atoms. The highest BCUT2D eigenvalue weighted by Crippen LogP contribution is 2.12.